The number of aromatic nitrogens is 3. The van der Waals surface area contributed by atoms with E-state index >= 15 is 0 Å². The van der Waals surface area contributed by atoms with Gasteiger partial charge in [-0.3, -0.25) is 0 Å². The van der Waals surface area contributed by atoms with E-state index in [-0.39, 0.29) is 0 Å². The minimum absolute atomic E-state index is 0.315. The Morgan fingerprint density at radius 3 is 3.06 bits per heavy atom. The van der Waals surface area contributed by atoms with Crippen LogP contribution >= 0.6 is 11.3 Å². The molecule has 0 aliphatic carbocycles. The van der Waals surface area contributed by atoms with Crippen molar-refractivity contribution in [2.45, 2.75) is 0 Å². The molecule has 0 atom stereocenters. The summed E-state index contributed by atoms with van der Waals surface area (Å²) >= 11 is 1.22. The Bertz CT molecular complexity index is 701. The van der Waals surface area contributed by atoms with Gasteiger partial charge in [-0.2, -0.15) is 5.10 Å². The summed E-state index contributed by atoms with van der Waals surface area (Å²) in [5.74, 6) is -0.911. The average Bonchev–Trinajstić information content (AvgIpc) is 2.95. The van der Waals surface area contributed by atoms with Crippen molar-refractivity contribution in [2.24, 2.45) is 0 Å². The minimum Gasteiger partial charge on any atom is -0.477 e. The molecule has 84 valence electrons. The predicted octanol–water partition coefficient (Wildman–Crippen LogP) is 2.16. The number of carboxylic acids is 1. The van der Waals surface area contributed by atoms with Crippen LogP contribution in [0.3, 0.4) is 0 Å². The van der Waals surface area contributed by atoms with Crippen LogP contribution in [0, 0.1) is 0 Å². The smallest absolute Gasteiger partial charge is 0.345 e. The molecule has 0 aliphatic rings. The molecule has 0 fully saturated rings. The number of carboxylic acid groups (broad SMARTS) is 1. The summed E-state index contributed by atoms with van der Waals surface area (Å²) in [6.45, 7) is 0. The number of aromatic carboxylic acids is 1. The molecule has 0 aliphatic heterocycles. The summed E-state index contributed by atoms with van der Waals surface area (Å²) < 4.78 is 1.66. The molecule has 1 N–H and O–H groups in total. The van der Waals surface area contributed by atoms with E-state index in [1.165, 1.54) is 11.3 Å². The first kappa shape index (κ1) is 9.98. The van der Waals surface area contributed by atoms with Gasteiger partial charge in [0.25, 0.3) is 0 Å². The number of nitrogens with zero attached hydrogens (tertiary/aromatic N) is 3. The maximum Gasteiger partial charge on any atom is 0.345 e. The molecular formula is C11H7N3O2S. The van der Waals surface area contributed by atoms with Gasteiger partial charge in [0, 0.05) is 17.3 Å². The molecule has 0 radical (unpaired) electrons. The highest BCUT2D eigenvalue weighted by molar-refractivity contribution is 7.17. The van der Waals surface area contributed by atoms with Gasteiger partial charge >= 0.3 is 5.97 Å². The summed E-state index contributed by atoms with van der Waals surface area (Å²) in [7, 11) is 0. The number of hydrogen-bond acceptors (Lipinski definition) is 4. The molecule has 3 aromatic rings. The van der Waals surface area contributed by atoms with Crippen LogP contribution in [0.25, 0.3) is 16.1 Å². The van der Waals surface area contributed by atoms with Crippen LogP contribution in [0.1, 0.15) is 9.67 Å². The number of carbonyl (C=O) groups is 1. The number of thiophene rings is 1. The van der Waals surface area contributed by atoms with E-state index in [0.29, 0.717) is 4.88 Å². The lowest BCUT2D eigenvalue weighted by molar-refractivity contribution is 0.0702. The van der Waals surface area contributed by atoms with Gasteiger partial charge in [-0.1, -0.05) is 0 Å². The van der Waals surface area contributed by atoms with Crippen LogP contribution in [0.15, 0.2) is 36.8 Å². The molecule has 3 rings (SSSR count). The van der Waals surface area contributed by atoms with Crippen LogP contribution in [-0.4, -0.2) is 25.7 Å². The van der Waals surface area contributed by atoms with Gasteiger partial charge in [0.2, 0.25) is 0 Å². The topological polar surface area (TPSA) is 67.5 Å². The van der Waals surface area contributed by atoms with Crippen LogP contribution in [0.5, 0.6) is 0 Å². The van der Waals surface area contributed by atoms with Crippen LogP contribution < -0.4 is 0 Å². The highest BCUT2D eigenvalue weighted by atomic mass is 32.1. The number of fused-ring (bicyclic) bond motifs is 1. The Kier molecular flexibility index (Phi) is 2.15. The normalized spacial score (nSPS) is 10.8. The van der Waals surface area contributed by atoms with Gasteiger partial charge in [-0.25, -0.2) is 14.3 Å². The van der Waals surface area contributed by atoms with Crippen molar-refractivity contribution >= 4 is 23.0 Å². The Balaban J connectivity index is 2.17. The molecule has 0 saturated heterocycles. The Morgan fingerprint density at radius 2 is 2.29 bits per heavy atom. The average molecular weight is 245 g/mol. The van der Waals surface area contributed by atoms with E-state index in [9.17, 15) is 4.79 Å². The summed E-state index contributed by atoms with van der Waals surface area (Å²) in [5.41, 5.74) is 1.58. The SMILES string of the molecule is O=C(O)c1ccc(-c2cnn3cccnc23)s1. The first-order valence-electron chi connectivity index (χ1n) is 4.87. The van der Waals surface area contributed by atoms with Crippen LogP contribution in [-0.2, 0) is 0 Å². The van der Waals surface area contributed by atoms with Gasteiger partial charge in [0.1, 0.15) is 4.88 Å². The van der Waals surface area contributed by atoms with Crippen LogP contribution in [0.2, 0.25) is 0 Å². The fourth-order valence-electron chi connectivity index (χ4n) is 1.60. The summed E-state index contributed by atoms with van der Waals surface area (Å²) in [6, 6.07) is 5.16. The fraction of sp³-hybridized carbons (Fsp3) is 0. The summed E-state index contributed by atoms with van der Waals surface area (Å²) in [4.78, 5) is 16.2. The van der Waals surface area contributed by atoms with E-state index < -0.39 is 5.97 Å². The van der Waals surface area contributed by atoms with E-state index in [0.717, 1.165) is 16.1 Å². The maximum absolute atomic E-state index is 10.8. The fourth-order valence-corrected chi connectivity index (χ4v) is 2.45. The van der Waals surface area contributed by atoms with Crippen molar-refractivity contribution in [2.75, 3.05) is 0 Å². The molecule has 3 heterocycles. The minimum atomic E-state index is -0.911. The number of hydrogen-bond donors (Lipinski definition) is 1. The predicted molar refractivity (Wildman–Crippen MR) is 63.3 cm³/mol. The third-order valence-electron chi connectivity index (χ3n) is 2.36. The summed E-state index contributed by atoms with van der Waals surface area (Å²) in [5, 5.41) is 13.0. The Labute approximate surface area is 100.0 Å². The van der Waals surface area contributed by atoms with Gasteiger partial charge in [0.15, 0.2) is 5.65 Å². The van der Waals surface area contributed by atoms with Crippen molar-refractivity contribution in [3.63, 3.8) is 0 Å². The standard InChI is InChI=1S/C11H7N3O2S/c15-11(16)9-3-2-8(17-9)7-6-13-14-5-1-4-12-10(7)14/h1-6H,(H,15,16). The molecule has 17 heavy (non-hydrogen) atoms. The molecule has 0 amide bonds. The first-order chi connectivity index (χ1) is 8.25. The van der Waals surface area contributed by atoms with Gasteiger partial charge < -0.3 is 5.11 Å². The van der Waals surface area contributed by atoms with Gasteiger partial charge in [0.05, 0.1) is 11.8 Å². The van der Waals surface area contributed by atoms with Crippen molar-refractivity contribution in [3.8, 4) is 10.4 Å². The Hall–Kier alpha value is -2.21. The second kappa shape index (κ2) is 3.67. The second-order valence-electron chi connectivity index (χ2n) is 3.42. The Morgan fingerprint density at radius 1 is 1.41 bits per heavy atom. The lowest BCUT2D eigenvalue weighted by Crippen LogP contribution is -1.89. The summed E-state index contributed by atoms with van der Waals surface area (Å²) in [6.07, 6.45) is 5.18. The third kappa shape index (κ3) is 1.58. The zero-order chi connectivity index (χ0) is 11.8. The highest BCUT2D eigenvalue weighted by Crippen LogP contribution is 2.30. The lowest BCUT2D eigenvalue weighted by atomic mass is 10.3. The van der Waals surface area contributed by atoms with Crippen molar-refractivity contribution in [1.29, 1.82) is 0 Å². The monoisotopic (exact) mass is 245 g/mol. The highest BCUT2D eigenvalue weighted by Gasteiger charge is 2.12. The zero-order valence-corrected chi connectivity index (χ0v) is 9.39. The van der Waals surface area contributed by atoms with E-state index in [1.54, 1.807) is 41.3 Å². The molecule has 3 aromatic heterocycles. The molecule has 0 bridgehead atoms. The quantitative estimate of drug-likeness (QED) is 0.751. The van der Waals surface area contributed by atoms with Gasteiger partial charge in [-0.05, 0) is 18.2 Å². The van der Waals surface area contributed by atoms with Crippen molar-refractivity contribution in [3.05, 3.63) is 41.7 Å². The van der Waals surface area contributed by atoms with E-state index in [1.807, 2.05) is 0 Å². The number of rotatable bonds is 2. The molecule has 5 nitrogen and oxygen atoms in total. The molecule has 0 unspecified atom stereocenters. The lowest BCUT2D eigenvalue weighted by Gasteiger charge is -1.93. The van der Waals surface area contributed by atoms with Crippen LogP contribution in [0.4, 0.5) is 0 Å². The third-order valence-corrected chi connectivity index (χ3v) is 3.47. The maximum atomic E-state index is 10.8. The molecular weight excluding hydrogens is 238 g/mol. The van der Waals surface area contributed by atoms with E-state index in [4.69, 9.17) is 5.11 Å². The first-order valence-corrected chi connectivity index (χ1v) is 5.69. The molecule has 6 heteroatoms. The van der Waals surface area contributed by atoms with E-state index in [2.05, 4.69) is 10.1 Å². The molecule has 0 aromatic carbocycles. The largest absolute Gasteiger partial charge is 0.477 e. The van der Waals surface area contributed by atoms with Crippen molar-refractivity contribution in [1.82, 2.24) is 14.6 Å². The second-order valence-corrected chi connectivity index (χ2v) is 4.50. The molecule has 0 spiro atoms. The molecule has 0 saturated carbocycles. The van der Waals surface area contributed by atoms with Crippen molar-refractivity contribution < 1.29 is 9.90 Å². The zero-order valence-electron chi connectivity index (χ0n) is 8.57. The van der Waals surface area contributed by atoms with Gasteiger partial charge in [-0.15, -0.1) is 11.3 Å².